The average Bonchev–Trinajstić information content (AvgIpc) is 2.92. The van der Waals surface area contributed by atoms with Crippen LogP contribution in [0.5, 0.6) is 0 Å². The molecular weight excluding hydrogens is 320 g/mol. The first-order valence-corrected chi connectivity index (χ1v) is 11.5. The quantitative estimate of drug-likeness (QED) is 0.607. The summed E-state index contributed by atoms with van der Waals surface area (Å²) in [7, 11) is 0. The van der Waals surface area contributed by atoms with E-state index in [9.17, 15) is 4.79 Å². The van der Waals surface area contributed by atoms with Crippen LogP contribution in [0.15, 0.2) is 0 Å². The molecule has 0 heterocycles. The largest absolute Gasteiger partial charge is 0.481 e. The van der Waals surface area contributed by atoms with Crippen LogP contribution in [0.3, 0.4) is 0 Å². The molecule has 4 fully saturated rings. The van der Waals surface area contributed by atoms with Crippen LogP contribution < -0.4 is 0 Å². The highest BCUT2D eigenvalue weighted by molar-refractivity contribution is 5.66. The number of rotatable bonds is 4. The van der Waals surface area contributed by atoms with Crippen molar-refractivity contribution in [2.75, 3.05) is 0 Å². The van der Waals surface area contributed by atoms with E-state index in [2.05, 4.69) is 20.8 Å². The Bertz CT molecular complexity index is 556. The van der Waals surface area contributed by atoms with Crippen molar-refractivity contribution >= 4 is 5.97 Å². The van der Waals surface area contributed by atoms with Crippen LogP contribution in [0.2, 0.25) is 0 Å². The predicted octanol–water partition coefficient (Wildman–Crippen LogP) is 6.68. The summed E-state index contributed by atoms with van der Waals surface area (Å²) in [5.74, 6) is 2.95. The monoisotopic (exact) mass is 360 g/mol. The first kappa shape index (κ1) is 18.8. The molecule has 0 aromatic rings. The molecule has 0 spiro atoms. The van der Waals surface area contributed by atoms with Gasteiger partial charge >= 0.3 is 5.97 Å². The van der Waals surface area contributed by atoms with Gasteiger partial charge in [-0.15, -0.1) is 0 Å². The Morgan fingerprint density at radius 3 is 2.42 bits per heavy atom. The van der Waals surface area contributed by atoms with Gasteiger partial charge in [0.25, 0.3) is 0 Å². The third-order valence-corrected chi connectivity index (χ3v) is 10.6. The maximum atomic E-state index is 10.9. The van der Waals surface area contributed by atoms with Gasteiger partial charge in [0.1, 0.15) is 0 Å². The smallest absolute Gasteiger partial charge is 0.303 e. The minimum absolute atomic E-state index is 0.359. The Hall–Kier alpha value is -0.530. The second-order valence-corrected chi connectivity index (χ2v) is 11.1. The second kappa shape index (κ2) is 6.52. The third kappa shape index (κ3) is 2.60. The van der Waals surface area contributed by atoms with Crippen molar-refractivity contribution in [2.24, 2.45) is 39.9 Å². The van der Waals surface area contributed by atoms with E-state index >= 15 is 0 Å². The average molecular weight is 361 g/mol. The van der Waals surface area contributed by atoms with E-state index in [1.807, 2.05) is 0 Å². The summed E-state index contributed by atoms with van der Waals surface area (Å²) < 4.78 is 0. The van der Waals surface area contributed by atoms with E-state index in [0.29, 0.717) is 22.7 Å². The van der Waals surface area contributed by atoms with Gasteiger partial charge < -0.3 is 5.11 Å². The van der Waals surface area contributed by atoms with Gasteiger partial charge in [0.05, 0.1) is 0 Å². The first-order valence-electron chi connectivity index (χ1n) is 11.5. The molecule has 4 saturated carbocycles. The minimum atomic E-state index is -0.621. The van der Waals surface area contributed by atoms with E-state index in [1.165, 1.54) is 64.2 Å². The Balaban J connectivity index is 1.54. The molecule has 7 unspecified atom stereocenters. The molecule has 148 valence electrons. The molecule has 2 nitrogen and oxygen atoms in total. The molecule has 0 radical (unpaired) electrons. The lowest BCUT2D eigenvalue weighted by atomic mass is 9.38. The number of carboxylic acids is 1. The van der Waals surface area contributed by atoms with Gasteiger partial charge in [-0.1, -0.05) is 33.6 Å². The van der Waals surface area contributed by atoms with Gasteiger partial charge in [0.2, 0.25) is 0 Å². The summed E-state index contributed by atoms with van der Waals surface area (Å²) >= 11 is 0. The molecule has 26 heavy (non-hydrogen) atoms. The summed E-state index contributed by atoms with van der Waals surface area (Å²) in [6, 6.07) is 0. The van der Waals surface area contributed by atoms with Crippen LogP contribution in [0, 0.1) is 39.9 Å². The minimum Gasteiger partial charge on any atom is -0.481 e. The van der Waals surface area contributed by atoms with Gasteiger partial charge in [-0.05, 0) is 104 Å². The van der Waals surface area contributed by atoms with Crippen molar-refractivity contribution in [3.8, 4) is 0 Å². The van der Waals surface area contributed by atoms with Crippen molar-refractivity contribution in [3.63, 3.8) is 0 Å². The molecule has 1 N–H and O–H groups in total. The highest BCUT2D eigenvalue weighted by Crippen LogP contribution is 2.72. The summed E-state index contributed by atoms with van der Waals surface area (Å²) in [4.78, 5) is 10.9. The van der Waals surface area contributed by atoms with Crippen LogP contribution in [0.25, 0.3) is 0 Å². The fraction of sp³-hybridized carbons (Fsp3) is 0.958. The lowest BCUT2D eigenvalue weighted by molar-refractivity contribution is -0.174. The van der Waals surface area contributed by atoms with Crippen LogP contribution >= 0.6 is 0 Å². The van der Waals surface area contributed by atoms with Gasteiger partial charge in [-0.3, -0.25) is 4.79 Å². The zero-order valence-corrected chi connectivity index (χ0v) is 17.4. The van der Waals surface area contributed by atoms with E-state index in [0.717, 1.165) is 36.5 Å². The maximum Gasteiger partial charge on any atom is 0.303 e. The number of carbonyl (C=O) groups is 1. The molecule has 0 saturated heterocycles. The molecule has 0 aromatic heterocycles. The number of carboxylic acid groups (broad SMARTS) is 1. The summed E-state index contributed by atoms with van der Waals surface area (Å²) in [6.45, 7) is 7.95. The van der Waals surface area contributed by atoms with Gasteiger partial charge in [0.15, 0.2) is 0 Å². The standard InChI is InChI=1S/C24H40O2/c1-22-15-16-24(3)20(13-11-18-7-4-5-14-23(18,24)2)19(22)12-10-17(22)8-6-9-21(25)26/h17-20H,4-16H2,1-3H3,(H,25,26). The number of hydrogen-bond acceptors (Lipinski definition) is 1. The molecule has 0 amide bonds. The molecular formula is C24H40O2. The van der Waals surface area contributed by atoms with E-state index in [-0.39, 0.29) is 0 Å². The second-order valence-electron chi connectivity index (χ2n) is 11.1. The lowest BCUT2D eigenvalue weighted by Crippen LogP contribution is -2.59. The molecule has 4 rings (SSSR count). The number of fused-ring (bicyclic) bond motifs is 5. The molecule has 4 aliphatic rings. The summed E-state index contributed by atoms with van der Waals surface area (Å²) in [5, 5.41) is 9.01. The van der Waals surface area contributed by atoms with Crippen molar-refractivity contribution in [1.82, 2.24) is 0 Å². The van der Waals surface area contributed by atoms with E-state index in [1.54, 1.807) is 0 Å². The van der Waals surface area contributed by atoms with Crippen molar-refractivity contribution < 1.29 is 9.90 Å². The highest BCUT2D eigenvalue weighted by atomic mass is 16.4. The first-order chi connectivity index (χ1) is 12.3. The third-order valence-electron chi connectivity index (χ3n) is 10.6. The van der Waals surface area contributed by atoms with Gasteiger partial charge in [-0.25, -0.2) is 0 Å². The Morgan fingerprint density at radius 1 is 0.885 bits per heavy atom. The maximum absolute atomic E-state index is 10.9. The molecule has 7 atom stereocenters. The highest BCUT2D eigenvalue weighted by Gasteiger charge is 2.64. The van der Waals surface area contributed by atoms with Crippen LogP contribution in [0.1, 0.15) is 104 Å². The Kier molecular flexibility index (Phi) is 4.72. The Morgan fingerprint density at radius 2 is 1.65 bits per heavy atom. The van der Waals surface area contributed by atoms with Crippen molar-refractivity contribution in [3.05, 3.63) is 0 Å². The van der Waals surface area contributed by atoms with Crippen LogP contribution in [-0.4, -0.2) is 11.1 Å². The zero-order chi connectivity index (χ0) is 18.6. The molecule has 2 heteroatoms. The Labute approximate surface area is 160 Å². The fourth-order valence-corrected chi connectivity index (χ4v) is 8.76. The van der Waals surface area contributed by atoms with Crippen molar-refractivity contribution in [1.29, 1.82) is 0 Å². The number of hydrogen-bond donors (Lipinski definition) is 1. The predicted molar refractivity (Wildman–Crippen MR) is 106 cm³/mol. The normalized spacial score (nSPS) is 50.6. The zero-order valence-electron chi connectivity index (χ0n) is 17.4. The summed E-state index contributed by atoms with van der Waals surface area (Å²) in [6.07, 6.45) is 16.8. The van der Waals surface area contributed by atoms with E-state index in [4.69, 9.17) is 5.11 Å². The topological polar surface area (TPSA) is 37.3 Å². The molecule has 0 aliphatic heterocycles. The molecule has 0 bridgehead atoms. The number of aliphatic carboxylic acids is 1. The van der Waals surface area contributed by atoms with Crippen LogP contribution in [-0.2, 0) is 4.79 Å². The van der Waals surface area contributed by atoms with E-state index < -0.39 is 5.97 Å². The SMILES string of the molecule is CC12CCC3(C)C(CCC4CCCCC43C)C1CCC2CCCC(=O)O. The van der Waals surface area contributed by atoms with Crippen molar-refractivity contribution in [2.45, 2.75) is 104 Å². The fourth-order valence-electron chi connectivity index (χ4n) is 8.76. The molecule has 4 aliphatic carbocycles. The van der Waals surface area contributed by atoms with Crippen LogP contribution in [0.4, 0.5) is 0 Å². The summed E-state index contributed by atoms with van der Waals surface area (Å²) in [5.41, 5.74) is 1.62. The van der Waals surface area contributed by atoms with Gasteiger partial charge in [0, 0.05) is 6.42 Å². The molecule has 0 aromatic carbocycles. The lowest BCUT2D eigenvalue weighted by Gasteiger charge is -2.66. The van der Waals surface area contributed by atoms with Gasteiger partial charge in [-0.2, -0.15) is 0 Å².